The maximum Gasteiger partial charge on any atom is 0.268 e. The molecule has 0 aliphatic heterocycles. The number of allylic oxidation sites excluding steroid dienone is 1. The van der Waals surface area contributed by atoms with Crippen LogP contribution in [-0.2, 0) is 0 Å². The van der Waals surface area contributed by atoms with Gasteiger partial charge in [-0.05, 0) is 22.6 Å². The molecule has 0 nitrogen and oxygen atoms in total. The van der Waals surface area contributed by atoms with Crippen LogP contribution in [0.1, 0.15) is 0 Å². The molecule has 0 aliphatic carbocycles. The van der Waals surface area contributed by atoms with Gasteiger partial charge in [-0.15, -0.1) is 0 Å². The molecule has 0 aromatic heterocycles. The van der Waals surface area contributed by atoms with E-state index in [9.17, 15) is 8.78 Å². The monoisotopic (exact) mass is 204 g/mol. The fraction of sp³-hybridized carbons (Fsp3) is 0.333. The summed E-state index contributed by atoms with van der Waals surface area (Å²) in [6, 6.07) is 0. The van der Waals surface area contributed by atoms with Crippen LogP contribution in [-0.4, -0.2) is 6.43 Å². The molecule has 0 saturated heterocycles. The standard InChI is InChI=1S/C3H3F2I/c1-2(6)3(4)5/h3H,1H2. The molecule has 0 N–H and O–H groups in total. The van der Waals surface area contributed by atoms with Crippen molar-refractivity contribution in [3.8, 4) is 0 Å². The first-order chi connectivity index (χ1) is 2.64. The average molecular weight is 204 g/mol. The van der Waals surface area contributed by atoms with E-state index in [1.54, 1.807) is 0 Å². The van der Waals surface area contributed by atoms with E-state index in [2.05, 4.69) is 6.58 Å². The summed E-state index contributed by atoms with van der Waals surface area (Å²) in [7, 11) is 0. The van der Waals surface area contributed by atoms with Crippen LogP contribution in [0.5, 0.6) is 0 Å². The lowest BCUT2D eigenvalue weighted by Crippen LogP contribution is -1.83. The van der Waals surface area contributed by atoms with Crippen LogP contribution >= 0.6 is 22.6 Å². The van der Waals surface area contributed by atoms with Crippen LogP contribution in [0.15, 0.2) is 10.2 Å². The molecule has 0 aromatic carbocycles. The second-order valence-electron chi connectivity index (χ2n) is 0.748. The Bertz CT molecular complexity index is 59.8. The summed E-state index contributed by atoms with van der Waals surface area (Å²) in [5.41, 5.74) is 0. The fourth-order valence-electron chi connectivity index (χ4n) is 0. The van der Waals surface area contributed by atoms with Crippen LogP contribution < -0.4 is 0 Å². The molecule has 0 radical (unpaired) electrons. The van der Waals surface area contributed by atoms with E-state index in [0.717, 1.165) is 0 Å². The molecule has 0 saturated carbocycles. The van der Waals surface area contributed by atoms with E-state index in [1.807, 2.05) is 0 Å². The topological polar surface area (TPSA) is 0 Å². The molecule has 0 amide bonds. The summed E-state index contributed by atoms with van der Waals surface area (Å²) in [5.74, 6) is 0. The Balaban J connectivity index is 3.26. The molecule has 0 rings (SSSR count). The zero-order chi connectivity index (χ0) is 5.15. The number of hydrogen-bond donors (Lipinski definition) is 0. The highest BCUT2D eigenvalue weighted by Gasteiger charge is 2.00. The van der Waals surface area contributed by atoms with Crippen molar-refractivity contribution in [2.45, 2.75) is 6.43 Å². The first kappa shape index (κ1) is 6.33. The molecule has 0 spiro atoms. The van der Waals surface area contributed by atoms with Crippen LogP contribution in [0.4, 0.5) is 8.78 Å². The molecule has 6 heavy (non-hydrogen) atoms. The van der Waals surface area contributed by atoms with Gasteiger partial charge in [-0.25, -0.2) is 8.78 Å². The lowest BCUT2D eigenvalue weighted by atomic mass is 10.7. The summed E-state index contributed by atoms with van der Waals surface area (Å²) in [4.78, 5) is 0. The van der Waals surface area contributed by atoms with E-state index in [0.29, 0.717) is 0 Å². The molecule has 3 heteroatoms. The Morgan fingerprint density at radius 2 is 1.83 bits per heavy atom. The van der Waals surface area contributed by atoms with Gasteiger partial charge in [0.25, 0.3) is 6.43 Å². The molecule has 0 fully saturated rings. The third kappa shape index (κ3) is 2.56. The molecular formula is C3H3F2I. The highest BCUT2D eigenvalue weighted by molar-refractivity contribution is 14.1. The van der Waals surface area contributed by atoms with Crippen molar-refractivity contribution in [2.24, 2.45) is 0 Å². The van der Waals surface area contributed by atoms with Gasteiger partial charge in [0.05, 0.1) is 0 Å². The van der Waals surface area contributed by atoms with Gasteiger partial charge in [0.2, 0.25) is 0 Å². The third-order valence-electron chi connectivity index (χ3n) is 0.237. The van der Waals surface area contributed by atoms with E-state index in [4.69, 9.17) is 0 Å². The van der Waals surface area contributed by atoms with Crippen molar-refractivity contribution < 1.29 is 8.78 Å². The van der Waals surface area contributed by atoms with Gasteiger partial charge in [0.15, 0.2) is 0 Å². The van der Waals surface area contributed by atoms with Gasteiger partial charge in [0, 0.05) is 3.58 Å². The van der Waals surface area contributed by atoms with Crippen molar-refractivity contribution in [1.82, 2.24) is 0 Å². The summed E-state index contributed by atoms with van der Waals surface area (Å²) < 4.78 is 22.0. The van der Waals surface area contributed by atoms with Crippen molar-refractivity contribution in [3.63, 3.8) is 0 Å². The van der Waals surface area contributed by atoms with Crippen LogP contribution in [0, 0.1) is 0 Å². The van der Waals surface area contributed by atoms with E-state index in [1.165, 1.54) is 22.6 Å². The SMILES string of the molecule is C=C(I)C(F)F. The second kappa shape index (κ2) is 2.49. The first-order valence-electron chi connectivity index (χ1n) is 1.27. The minimum absolute atomic E-state index is 0.104. The Labute approximate surface area is 48.4 Å². The van der Waals surface area contributed by atoms with Gasteiger partial charge >= 0.3 is 0 Å². The van der Waals surface area contributed by atoms with Gasteiger partial charge in [-0.2, -0.15) is 0 Å². The van der Waals surface area contributed by atoms with Gasteiger partial charge in [0.1, 0.15) is 0 Å². The first-order valence-corrected chi connectivity index (χ1v) is 2.35. The minimum atomic E-state index is -2.36. The van der Waals surface area contributed by atoms with Crippen LogP contribution in [0.2, 0.25) is 0 Å². The summed E-state index contributed by atoms with van der Waals surface area (Å²) >= 11 is 1.49. The second-order valence-corrected chi connectivity index (χ2v) is 2.13. The van der Waals surface area contributed by atoms with E-state index >= 15 is 0 Å². The van der Waals surface area contributed by atoms with Crippen LogP contribution in [0.3, 0.4) is 0 Å². The highest BCUT2D eigenvalue weighted by Crippen LogP contribution is 2.11. The van der Waals surface area contributed by atoms with E-state index in [-0.39, 0.29) is 3.58 Å². The Morgan fingerprint density at radius 3 is 1.83 bits per heavy atom. The normalized spacial score (nSPS) is 9.33. The molecule has 0 unspecified atom stereocenters. The summed E-state index contributed by atoms with van der Waals surface area (Å²) in [6.07, 6.45) is -2.36. The lowest BCUT2D eigenvalue weighted by Gasteiger charge is -1.86. The summed E-state index contributed by atoms with van der Waals surface area (Å²) in [5, 5.41) is 0. The molecule has 0 atom stereocenters. The Hall–Kier alpha value is 0.330. The highest BCUT2D eigenvalue weighted by atomic mass is 127. The number of rotatable bonds is 1. The molecule has 0 heterocycles. The predicted octanol–water partition coefficient (Wildman–Crippen LogP) is 2.20. The minimum Gasteiger partial charge on any atom is -0.205 e. The zero-order valence-electron chi connectivity index (χ0n) is 2.92. The Morgan fingerprint density at radius 1 is 1.67 bits per heavy atom. The van der Waals surface area contributed by atoms with E-state index < -0.39 is 6.43 Å². The zero-order valence-corrected chi connectivity index (χ0v) is 5.08. The number of halogens is 3. The third-order valence-corrected chi connectivity index (χ3v) is 0.708. The molecular weight excluding hydrogens is 201 g/mol. The molecule has 0 bridgehead atoms. The number of alkyl halides is 2. The largest absolute Gasteiger partial charge is 0.268 e. The molecule has 0 aliphatic rings. The number of hydrogen-bond acceptors (Lipinski definition) is 0. The average Bonchev–Trinajstić information content (AvgIpc) is 1.36. The smallest absolute Gasteiger partial charge is 0.205 e. The fourth-order valence-corrected chi connectivity index (χ4v) is 0. The molecule has 0 aromatic rings. The summed E-state index contributed by atoms with van der Waals surface area (Å²) in [6.45, 7) is 2.99. The van der Waals surface area contributed by atoms with Crippen molar-refractivity contribution in [2.75, 3.05) is 0 Å². The van der Waals surface area contributed by atoms with Crippen molar-refractivity contribution >= 4 is 22.6 Å². The Kier molecular flexibility index (Phi) is 2.63. The van der Waals surface area contributed by atoms with Gasteiger partial charge in [-0.1, -0.05) is 6.58 Å². The van der Waals surface area contributed by atoms with Gasteiger partial charge < -0.3 is 0 Å². The lowest BCUT2D eigenvalue weighted by molar-refractivity contribution is 0.202. The van der Waals surface area contributed by atoms with Crippen molar-refractivity contribution in [1.29, 1.82) is 0 Å². The molecule has 36 valence electrons. The van der Waals surface area contributed by atoms with Crippen LogP contribution in [0.25, 0.3) is 0 Å². The van der Waals surface area contributed by atoms with Gasteiger partial charge in [-0.3, -0.25) is 0 Å². The van der Waals surface area contributed by atoms with Crippen molar-refractivity contribution in [3.05, 3.63) is 10.2 Å². The maximum absolute atomic E-state index is 11.1. The maximum atomic E-state index is 11.1. The predicted molar refractivity (Wildman–Crippen MR) is 29.2 cm³/mol. The quantitative estimate of drug-likeness (QED) is 0.574.